The Morgan fingerprint density at radius 3 is 2.72 bits per heavy atom. The van der Waals surface area contributed by atoms with E-state index < -0.39 is 24.5 Å². The lowest BCUT2D eigenvalue weighted by atomic mass is 10.1. The number of benzene rings is 2. The second kappa shape index (κ2) is 9.85. The monoisotopic (exact) mass is 455 g/mol. The number of halogens is 1. The number of amides is 3. The van der Waals surface area contributed by atoms with Crippen molar-refractivity contribution in [3.8, 4) is 17.6 Å². The number of carboxylic acid groups (broad SMARTS) is 1. The quantitative estimate of drug-likeness (QED) is 0.462. The standard InChI is InChI=1S/C22H18ClN3O6/c1-2-31-18-9-13(8-17-21(29)26(11-19(27)28)22(30)25-17)7-16(23)20(18)32-12-15-6-4-3-5-14(15)10-24/h3-9H,2,11-12H2,1H3,(H,25,30)(H,27,28)/b17-8+. The van der Waals surface area contributed by atoms with E-state index in [4.69, 9.17) is 26.2 Å². The molecule has 164 valence electrons. The lowest BCUT2D eigenvalue weighted by Crippen LogP contribution is -2.35. The van der Waals surface area contributed by atoms with Crippen molar-refractivity contribution in [2.45, 2.75) is 13.5 Å². The number of hydrogen-bond donors (Lipinski definition) is 2. The Labute approximate surface area is 188 Å². The van der Waals surface area contributed by atoms with E-state index in [1.54, 1.807) is 37.3 Å². The molecule has 0 saturated carbocycles. The SMILES string of the molecule is CCOc1cc(/C=C2/NC(=O)N(CC(=O)O)C2=O)cc(Cl)c1OCc1ccccc1C#N. The zero-order chi connectivity index (χ0) is 23.3. The molecule has 3 rings (SSSR count). The van der Waals surface area contributed by atoms with E-state index in [0.717, 1.165) is 0 Å². The maximum atomic E-state index is 12.3. The van der Waals surface area contributed by atoms with Crippen LogP contribution >= 0.6 is 11.6 Å². The highest BCUT2D eigenvalue weighted by Crippen LogP contribution is 2.38. The maximum absolute atomic E-state index is 12.3. The van der Waals surface area contributed by atoms with Gasteiger partial charge in [0.15, 0.2) is 11.5 Å². The molecule has 0 aliphatic carbocycles. The molecule has 0 aromatic heterocycles. The summed E-state index contributed by atoms with van der Waals surface area (Å²) in [6.45, 7) is 1.43. The summed E-state index contributed by atoms with van der Waals surface area (Å²) in [4.78, 5) is 35.7. The van der Waals surface area contributed by atoms with Gasteiger partial charge in [-0.1, -0.05) is 29.8 Å². The first-order chi connectivity index (χ1) is 15.3. The minimum absolute atomic E-state index is 0.0860. The van der Waals surface area contributed by atoms with Crippen LogP contribution in [0.25, 0.3) is 6.08 Å². The molecule has 1 fully saturated rings. The Morgan fingerprint density at radius 1 is 1.28 bits per heavy atom. The molecule has 3 amide bonds. The second-order valence-corrected chi connectivity index (χ2v) is 7.00. The highest BCUT2D eigenvalue weighted by atomic mass is 35.5. The van der Waals surface area contributed by atoms with Crippen molar-refractivity contribution in [2.24, 2.45) is 0 Å². The highest BCUT2D eigenvalue weighted by Gasteiger charge is 2.35. The first-order valence-corrected chi connectivity index (χ1v) is 9.85. The number of urea groups is 1. The van der Waals surface area contributed by atoms with E-state index in [-0.39, 0.29) is 23.1 Å². The molecular formula is C22H18ClN3O6. The predicted octanol–water partition coefficient (Wildman–Crippen LogP) is 3.17. The Balaban J connectivity index is 1.88. The number of imide groups is 1. The second-order valence-electron chi connectivity index (χ2n) is 6.59. The van der Waals surface area contributed by atoms with E-state index in [2.05, 4.69) is 11.4 Å². The summed E-state index contributed by atoms with van der Waals surface area (Å²) in [6, 6.07) is 11.4. The van der Waals surface area contributed by atoms with Gasteiger partial charge in [0.1, 0.15) is 18.8 Å². The molecule has 9 nitrogen and oxygen atoms in total. The van der Waals surface area contributed by atoms with Crippen LogP contribution in [0.2, 0.25) is 5.02 Å². The third-order valence-corrected chi connectivity index (χ3v) is 4.69. The van der Waals surface area contributed by atoms with Gasteiger partial charge < -0.3 is 19.9 Å². The summed E-state index contributed by atoms with van der Waals surface area (Å²) in [5.41, 5.74) is 1.50. The van der Waals surface area contributed by atoms with Gasteiger partial charge in [0.05, 0.1) is 23.3 Å². The van der Waals surface area contributed by atoms with Gasteiger partial charge in [0, 0.05) is 5.56 Å². The van der Waals surface area contributed by atoms with Crippen molar-refractivity contribution in [1.82, 2.24) is 10.2 Å². The molecule has 0 bridgehead atoms. The predicted molar refractivity (Wildman–Crippen MR) is 114 cm³/mol. The molecule has 0 spiro atoms. The van der Waals surface area contributed by atoms with Crippen LogP contribution in [0, 0.1) is 11.3 Å². The van der Waals surface area contributed by atoms with E-state index in [1.807, 2.05) is 0 Å². The number of carbonyl (C=O) groups excluding carboxylic acids is 2. The Hall–Kier alpha value is -4.03. The number of nitrogens with zero attached hydrogens (tertiary/aromatic N) is 2. The van der Waals surface area contributed by atoms with Gasteiger partial charge in [0.2, 0.25) is 0 Å². The van der Waals surface area contributed by atoms with Gasteiger partial charge in [-0.25, -0.2) is 9.69 Å². The van der Waals surface area contributed by atoms with Crippen LogP contribution in [0.3, 0.4) is 0 Å². The number of ether oxygens (including phenoxy) is 2. The average molecular weight is 456 g/mol. The lowest BCUT2D eigenvalue weighted by molar-refractivity contribution is -0.140. The van der Waals surface area contributed by atoms with Gasteiger partial charge >= 0.3 is 12.0 Å². The third kappa shape index (κ3) is 4.99. The van der Waals surface area contributed by atoms with Crippen molar-refractivity contribution in [1.29, 1.82) is 5.26 Å². The number of nitrogens with one attached hydrogen (secondary N) is 1. The first-order valence-electron chi connectivity index (χ1n) is 9.47. The molecule has 1 aliphatic rings. The van der Waals surface area contributed by atoms with Gasteiger partial charge in [-0.3, -0.25) is 9.59 Å². The fourth-order valence-electron chi connectivity index (χ4n) is 3.00. The Bertz CT molecular complexity index is 1150. The van der Waals surface area contributed by atoms with Crippen molar-refractivity contribution in [2.75, 3.05) is 13.2 Å². The zero-order valence-electron chi connectivity index (χ0n) is 16.9. The Morgan fingerprint density at radius 2 is 2.03 bits per heavy atom. The Kier molecular flexibility index (Phi) is 6.97. The number of hydrogen-bond acceptors (Lipinski definition) is 6. The van der Waals surface area contributed by atoms with Crippen LogP contribution in [0.15, 0.2) is 42.1 Å². The van der Waals surface area contributed by atoms with Crippen molar-refractivity contribution < 1.29 is 29.0 Å². The van der Waals surface area contributed by atoms with Crippen LogP contribution in [-0.4, -0.2) is 41.1 Å². The van der Waals surface area contributed by atoms with E-state index in [0.29, 0.717) is 33.9 Å². The summed E-state index contributed by atoms with van der Waals surface area (Å²) in [5.74, 6) is -1.51. The fourth-order valence-corrected chi connectivity index (χ4v) is 3.27. The third-order valence-electron chi connectivity index (χ3n) is 4.41. The molecule has 0 radical (unpaired) electrons. The largest absolute Gasteiger partial charge is 0.490 e. The molecular weight excluding hydrogens is 438 g/mol. The molecule has 2 aromatic rings. The van der Waals surface area contributed by atoms with Gasteiger partial charge in [0.25, 0.3) is 5.91 Å². The minimum atomic E-state index is -1.31. The average Bonchev–Trinajstić information content (AvgIpc) is 3.00. The topological polar surface area (TPSA) is 129 Å². The molecule has 1 aliphatic heterocycles. The molecule has 2 N–H and O–H groups in total. The first kappa shape index (κ1) is 22.7. The van der Waals surface area contributed by atoms with Gasteiger partial charge in [-0.05, 0) is 36.8 Å². The lowest BCUT2D eigenvalue weighted by Gasteiger charge is -2.15. The molecule has 2 aromatic carbocycles. The number of rotatable bonds is 8. The number of carboxylic acids is 1. The maximum Gasteiger partial charge on any atom is 0.329 e. The summed E-state index contributed by atoms with van der Waals surface area (Å²) < 4.78 is 11.5. The minimum Gasteiger partial charge on any atom is -0.490 e. The number of carbonyl (C=O) groups is 3. The highest BCUT2D eigenvalue weighted by molar-refractivity contribution is 6.32. The summed E-state index contributed by atoms with van der Waals surface area (Å²) >= 11 is 6.40. The van der Waals surface area contributed by atoms with Crippen molar-refractivity contribution in [3.05, 3.63) is 63.8 Å². The molecule has 0 atom stereocenters. The van der Waals surface area contributed by atoms with E-state index in [9.17, 15) is 19.6 Å². The molecule has 10 heteroatoms. The molecule has 0 unspecified atom stereocenters. The van der Waals surface area contributed by atoms with Gasteiger partial charge in [-0.2, -0.15) is 5.26 Å². The smallest absolute Gasteiger partial charge is 0.329 e. The van der Waals surface area contributed by atoms with Crippen molar-refractivity contribution in [3.63, 3.8) is 0 Å². The van der Waals surface area contributed by atoms with Crippen LogP contribution < -0.4 is 14.8 Å². The van der Waals surface area contributed by atoms with Crippen molar-refractivity contribution >= 4 is 35.6 Å². The molecule has 1 heterocycles. The van der Waals surface area contributed by atoms with E-state index in [1.165, 1.54) is 12.1 Å². The summed E-state index contributed by atoms with van der Waals surface area (Å²) in [5, 5.41) is 20.6. The van der Waals surface area contributed by atoms with Gasteiger partial charge in [-0.15, -0.1) is 0 Å². The summed E-state index contributed by atoms with van der Waals surface area (Å²) in [6.07, 6.45) is 1.37. The van der Waals surface area contributed by atoms with Crippen LogP contribution in [-0.2, 0) is 16.2 Å². The molecule has 32 heavy (non-hydrogen) atoms. The normalized spacial score (nSPS) is 14.3. The number of nitriles is 1. The van der Waals surface area contributed by atoms with Crippen LogP contribution in [0.1, 0.15) is 23.6 Å². The fraction of sp³-hybridized carbons (Fsp3) is 0.182. The number of aliphatic carboxylic acids is 1. The van der Waals surface area contributed by atoms with E-state index >= 15 is 0 Å². The van der Waals surface area contributed by atoms with Crippen LogP contribution in [0.5, 0.6) is 11.5 Å². The zero-order valence-corrected chi connectivity index (χ0v) is 17.7. The summed E-state index contributed by atoms with van der Waals surface area (Å²) in [7, 11) is 0. The van der Waals surface area contributed by atoms with Crippen LogP contribution in [0.4, 0.5) is 4.79 Å². The molecule has 1 saturated heterocycles.